The van der Waals surface area contributed by atoms with Crippen molar-refractivity contribution >= 4 is 71.2 Å². The van der Waals surface area contributed by atoms with Gasteiger partial charge in [0.05, 0.1) is 27.8 Å². The molecule has 0 saturated carbocycles. The van der Waals surface area contributed by atoms with Crippen LogP contribution in [0.2, 0.25) is 0 Å². The second kappa shape index (κ2) is 13.3. The summed E-state index contributed by atoms with van der Waals surface area (Å²) < 4.78 is 9.23. The Morgan fingerprint density at radius 2 is 0.922 bits per heavy atom. The minimum absolute atomic E-state index is 0.662. The standard InChI is InChI=1S/C61H38N2O/c1-3-21-44-39(15-1)17-13-29-54(44)62(42-34-36-57-49(37-42)47-23-5-8-28-56(47)63(57)55-30-14-18-40-16-2-4-22-45(40)55)43-33-35-46-48-24-11-19-41-20-12-27-52(60(41)48)61(53(46)38-43)50-25-6-9-31-58(50)64-59-32-10-7-26-51(59)61/h1-38H. The van der Waals surface area contributed by atoms with Crippen LogP contribution in [-0.2, 0) is 5.41 Å². The normalized spacial score (nSPS) is 13.2. The average molecular weight is 815 g/mol. The summed E-state index contributed by atoms with van der Waals surface area (Å²) in [6.45, 7) is 0. The third-order valence-electron chi connectivity index (χ3n) is 14.0. The first-order chi connectivity index (χ1) is 31.8. The Bertz CT molecular complexity index is 3850. The highest BCUT2D eigenvalue weighted by atomic mass is 16.5. The van der Waals surface area contributed by atoms with Crippen LogP contribution in [-0.4, -0.2) is 4.57 Å². The molecular weight excluding hydrogens is 777 g/mol. The number of aromatic nitrogens is 1. The molecule has 12 aromatic rings. The fraction of sp³-hybridized carbons (Fsp3) is 0.0164. The van der Waals surface area contributed by atoms with E-state index in [9.17, 15) is 0 Å². The summed E-state index contributed by atoms with van der Waals surface area (Å²) in [4.78, 5) is 2.48. The van der Waals surface area contributed by atoms with Crippen molar-refractivity contribution < 1.29 is 4.74 Å². The number of fused-ring (bicyclic) bond motifs is 13. The number of hydrogen-bond acceptors (Lipinski definition) is 2. The SMILES string of the molecule is c1ccc2c(c1)Oc1ccccc1C21c2cc(N(c3ccc4c(c3)c3ccccc3n4-c3cccc4ccccc34)c3cccc4ccccc34)ccc2-c2cccc3cccc1c23. The van der Waals surface area contributed by atoms with Crippen molar-refractivity contribution in [2.24, 2.45) is 0 Å². The van der Waals surface area contributed by atoms with Crippen LogP contribution in [0.15, 0.2) is 231 Å². The van der Waals surface area contributed by atoms with E-state index in [1.54, 1.807) is 0 Å². The molecule has 0 saturated heterocycles. The molecule has 0 bridgehead atoms. The Labute approximate surface area is 370 Å². The first-order valence-electron chi connectivity index (χ1n) is 22.1. The minimum Gasteiger partial charge on any atom is -0.457 e. The summed E-state index contributed by atoms with van der Waals surface area (Å²) >= 11 is 0. The maximum Gasteiger partial charge on any atom is 0.132 e. The second-order valence-electron chi connectivity index (χ2n) is 17.2. The molecule has 0 N–H and O–H groups in total. The van der Waals surface area contributed by atoms with Gasteiger partial charge in [-0.05, 0) is 104 Å². The predicted octanol–water partition coefficient (Wildman–Crippen LogP) is 16.2. The zero-order valence-electron chi connectivity index (χ0n) is 34.7. The van der Waals surface area contributed by atoms with Gasteiger partial charge in [-0.3, -0.25) is 0 Å². The lowest BCUT2D eigenvalue weighted by molar-refractivity contribution is 0.435. The number of nitrogens with zero attached hydrogens (tertiary/aromatic N) is 2. The van der Waals surface area contributed by atoms with Crippen molar-refractivity contribution in [3.8, 4) is 28.3 Å². The molecule has 0 atom stereocenters. The smallest absolute Gasteiger partial charge is 0.132 e. The Morgan fingerprint density at radius 1 is 0.359 bits per heavy atom. The molecule has 1 aromatic heterocycles. The molecule has 2 heterocycles. The lowest BCUT2D eigenvalue weighted by Gasteiger charge is -2.45. The molecule has 11 aromatic carbocycles. The van der Waals surface area contributed by atoms with Crippen LogP contribution in [0.3, 0.4) is 0 Å². The van der Waals surface area contributed by atoms with Crippen LogP contribution in [0.1, 0.15) is 22.3 Å². The molecule has 14 rings (SSSR count). The van der Waals surface area contributed by atoms with Gasteiger partial charge in [-0.15, -0.1) is 0 Å². The van der Waals surface area contributed by atoms with Crippen LogP contribution in [0.25, 0.3) is 70.9 Å². The van der Waals surface area contributed by atoms with Gasteiger partial charge in [0.15, 0.2) is 0 Å². The molecule has 298 valence electrons. The molecule has 2 aliphatic rings. The van der Waals surface area contributed by atoms with E-state index >= 15 is 0 Å². The summed E-state index contributed by atoms with van der Waals surface area (Å²) in [7, 11) is 0. The first-order valence-corrected chi connectivity index (χ1v) is 22.1. The summed E-state index contributed by atoms with van der Waals surface area (Å²) in [5, 5.41) is 9.78. The molecule has 64 heavy (non-hydrogen) atoms. The molecule has 1 spiro atoms. The summed E-state index contributed by atoms with van der Waals surface area (Å²) in [5.41, 5.74) is 13.4. The van der Waals surface area contributed by atoms with Gasteiger partial charge in [-0.1, -0.05) is 170 Å². The Morgan fingerprint density at radius 3 is 1.73 bits per heavy atom. The minimum atomic E-state index is -0.662. The van der Waals surface area contributed by atoms with Crippen molar-refractivity contribution in [2.45, 2.75) is 5.41 Å². The van der Waals surface area contributed by atoms with E-state index in [2.05, 4.69) is 240 Å². The van der Waals surface area contributed by atoms with Crippen molar-refractivity contribution in [2.75, 3.05) is 4.90 Å². The Hall–Kier alpha value is -8.40. The molecule has 1 aliphatic carbocycles. The van der Waals surface area contributed by atoms with E-state index in [1.165, 1.54) is 82.1 Å². The van der Waals surface area contributed by atoms with Gasteiger partial charge in [0, 0.05) is 44.0 Å². The van der Waals surface area contributed by atoms with Crippen LogP contribution in [0, 0.1) is 0 Å². The van der Waals surface area contributed by atoms with Gasteiger partial charge < -0.3 is 14.2 Å². The largest absolute Gasteiger partial charge is 0.457 e. The van der Waals surface area contributed by atoms with Crippen molar-refractivity contribution in [1.82, 2.24) is 4.57 Å². The quantitative estimate of drug-likeness (QED) is 0.176. The third kappa shape index (κ3) is 4.76. The van der Waals surface area contributed by atoms with E-state index < -0.39 is 5.41 Å². The predicted molar refractivity (Wildman–Crippen MR) is 265 cm³/mol. The topological polar surface area (TPSA) is 17.4 Å². The lowest BCUT2D eigenvalue weighted by Crippen LogP contribution is -2.36. The van der Waals surface area contributed by atoms with E-state index in [0.29, 0.717) is 0 Å². The summed E-state index contributed by atoms with van der Waals surface area (Å²) in [5.74, 6) is 1.76. The Kier molecular flexibility index (Phi) is 7.32. The zero-order chi connectivity index (χ0) is 41.9. The van der Waals surface area contributed by atoms with E-state index in [1.807, 2.05) is 0 Å². The van der Waals surface area contributed by atoms with Gasteiger partial charge in [0.2, 0.25) is 0 Å². The maximum absolute atomic E-state index is 6.79. The van der Waals surface area contributed by atoms with E-state index in [4.69, 9.17) is 4.74 Å². The average Bonchev–Trinajstić information content (AvgIpc) is 3.68. The lowest BCUT2D eigenvalue weighted by atomic mass is 9.58. The molecule has 3 nitrogen and oxygen atoms in total. The summed E-state index contributed by atoms with van der Waals surface area (Å²) in [6.07, 6.45) is 0. The van der Waals surface area contributed by atoms with Crippen molar-refractivity contribution in [1.29, 1.82) is 0 Å². The molecule has 0 radical (unpaired) electrons. The zero-order valence-corrected chi connectivity index (χ0v) is 34.7. The highest BCUT2D eigenvalue weighted by Crippen LogP contribution is 2.62. The fourth-order valence-electron chi connectivity index (χ4n) is 11.4. The first kappa shape index (κ1) is 35.2. The van der Waals surface area contributed by atoms with E-state index in [0.717, 1.165) is 39.7 Å². The monoisotopic (exact) mass is 814 g/mol. The molecule has 0 unspecified atom stereocenters. The molecule has 1 aliphatic heterocycles. The van der Waals surface area contributed by atoms with Crippen molar-refractivity contribution in [3.05, 3.63) is 253 Å². The van der Waals surface area contributed by atoms with Crippen molar-refractivity contribution in [3.63, 3.8) is 0 Å². The van der Waals surface area contributed by atoms with Crippen LogP contribution in [0.4, 0.5) is 17.1 Å². The van der Waals surface area contributed by atoms with Crippen LogP contribution < -0.4 is 9.64 Å². The van der Waals surface area contributed by atoms with Crippen LogP contribution >= 0.6 is 0 Å². The van der Waals surface area contributed by atoms with Gasteiger partial charge >= 0.3 is 0 Å². The number of anilines is 3. The van der Waals surface area contributed by atoms with E-state index in [-0.39, 0.29) is 0 Å². The van der Waals surface area contributed by atoms with Gasteiger partial charge in [0.1, 0.15) is 11.5 Å². The molecular formula is C61H38N2O. The number of benzene rings is 11. The number of rotatable bonds is 4. The molecule has 3 heteroatoms. The number of para-hydroxylation sites is 3. The van der Waals surface area contributed by atoms with Crippen LogP contribution in [0.5, 0.6) is 11.5 Å². The van der Waals surface area contributed by atoms with Gasteiger partial charge in [-0.2, -0.15) is 0 Å². The maximum atomic E-state index is 6.79. The number of hydrogen-bond donors (Lipinski definition) is 0. The Balaban J connectivity index is 1.08. The molecule has 0 fully saturated rings. The fourth-order valence-corrected chi connectivity index (χ4v) is 11.4. The third-order valence-corrected chi connectivity index (χ3v) is 14.0. The van der Waals surface area contributed by atoms with Gasteiger partial charge in [0.25, 0.3) is 0 Å². The number of ether oxygens (including phenoxy) is 1. The highest BCUT2D eigenvalue weighted by Gasteiger charge is 2.49. The highest BCUT2D eigenvalue weighted by molar-refractivity contribution is 6.13. The molecule has 0 amide bonds. The van der Waals surface area contributed by atoms with Gasteiger partial charge in [-0.25, -0.2) is 0 Å². The second-order valence-corrected chi connectivity index (χ2v) is 17.2. The summed E-state index contributed by atoms with van der Waals surface area (Å²) in [6, 6.07) is 84.7.